The van der Waals surface area contributed by atoms with E-state index in [4.69, 9.17) is 5.26 Å². The van der Waals surface area contributed by atoms with Crippen LogP contribution < -0.4 is 10.2 Å². The Labute approximate surface area is 235 Å². The number of hydrogen-bond acceptors (Lipinski definition) is 4. The molecule has 208 valence electrons. The highest BCUT2D eigenvalue weighted by Crippen LogP contribution is 2.37. The summed E-state index contributed by atoms with van der Waals surface area (Å²) in [6, 6.07) is 13.9. The molecule has 1 aliphatic rings. The molecule has 1 atom stereocenters. The van der Waals surface area contributed by atoms with Crippen LogP contribution in [0.25, 0.3) is 5.70 Å². The Morgan fingerprint density at radius 1 is 1.08 bits per heavy atom. The maximum Gasteiger partial charge on any atom is 0.328 e. The number of ketones is 1. The molecule has 1 heterocycles. The van der Waals surface area contributed by atoms with E-state index in [1.807, 2.05) is 62.1 Å². The first-order valence-corrected chi connectivity index (χ1v) is 13.9. The fourth-order valence-corrected chi connectivity index (χ4v) is 4.82. The van der Waals surface area contributed by atoms with Crippen molar-refractivity contribution in [3.63, 3.8) is 0 Å². The van der Waals surface area contributed by atoms with Gasteiger partial charge in [-0.05, 0) is 76.3 Å². The van der Waals surface area contributed by atoms with E-state index in [9.17, 15) is 9.59 Å². The number of amides is 2. The number of anilines is 2. The van der Waals surface area contributed by atoms with Gasteiger partial charge < -0.3 is 10.1 Å². The van der Waals surface area contributed by atoms with Crippen LogP contribution in [0.4, 0.5) is 16.2 Å². The topological polar surface area (TPSA) is 76.4 Å². The third-order valence-corrected chi connectivity index (χ3v) is 6.74. The van der Waals surface area contributed by atoms with Crippen molar-refractivity contribution >= 4 is 28.9 Å². The van der Waals surface area contributed by atoms with Gasteiger partial charge >= 0.3 is 6.03 Å². The number of benzene rings is 2. The zero-order valence-corrected chi connectivity index (χ0v) is 24.6. The fraction of sp³-hybridized carbons (Fsp3) is 0.424. The van der Waals surface area contributed by atoms with Crippen molar-refractivity contribution in [2.24, 2.45) is 5.92 Å². The van der Waals surface area contributed by atoms with Crippen LogP contribution in [0.2, 0.25) is 0 Å². The lowest BCUT2D eigenvalue weighted by molar-refractivity contribution is -0.117. The summed E-state index contributed by atoms with van der Waals surface area (Å²) in [7, 11) is 0. The van der Waals surface area contributed by atoms with Crippen LogP contribution in [0.3, 0.4) is 0 Å². The summed E-state index contributed by atoms with van der Waals surface area (Å²) >= 11 is 0. The number of unbranched alkanes of at least 4 members (excludes halogenated alkanes) is 2. The summed E-state index contributed by atoms with van der Waals surface area (Å²) in [4.78, 5) is 27.8. The van der Waals surface area contributed by atoms with E-state index in [0.717, 1.165) is 65.1 Å². The van der Waals surface area contributed by atoms with Crippen molar-refractivity contribution in [3.05, 3.63) is 77.5 Å². The Balaban J connectivity index is 0.000000446. The molecule has 0 spiro atoms. The molecule has 0 saturated carbocycles. The third-order valence-electron chi connectivity index (χ3n) is 6.74. The molecule has 0 fully saturated rings. The maximum atomic E-state index is 12.9. The molecule has 2 amide bonds. The first-order valence-electron chi connectivity index (χ1n) is 13.9. The van der Waals surface area contributed by atoms with Gasteiger partial charge in [0.2, 0.25) is 0 Å². The molecule has 3 rings (SSSR count). The van der Waals surface area contributed by atoms with Gasteiger partial charge in [-0.2, -0.15) is 5.26 Å². The van der Waals surface area contributed by atoms with E-state index in [2.05, 4.69) is 38.4 Å². The van der Waals surface area contributed by atoms with Gasteiger partial charge in [-0.15, -0.1) is 0 Å². The molecule has 1 N–H and O–H groups in total. The monoisotopic (exact) mass is 528 g/mol. The molecule has 0 bridgehead atoms. The van der Waals surface area contributed by atoms with Gasteiger partial charge in [0.25, 0.3) is 0 Å². The van der Waals surface area contributed by atoms with Crippen LogP contribution in [0.1, 0.15) is 82.1 Å². The zero-order chi connectivity index (χ0) is 29.1. The summed E-state index contributed by atoms with van der Waals surface area (Å²) in [5, 5.41) is 11.9. The number of nitriles is 1. The van der Waals surface area contributed by atoms with E-state index in [1.165, 1.54) is 5.56 Å². The van der Waals surface area contributed by atoms with Crippen molar-refractivity contribution in [2.75, 3.05) is 23.3 Å². The van der Waals surface area contributed by atoms with Gasteiger partial charge in [0, 0.05) is 42.2 Å². The van der Waals surface area contributed by atoms with E-state index >= 15 is 0 Å². The van der Waals surface area contributed by atoms with Gasteiger partial charge in [0.15, 0.2) is 0 Å². The van der Waals surface area contributed by atoms with Crippen molar-refractivity contribution in [1.82, 2.24) is 4.90 Å². The largest absolute Gasteiger partial charge is 0.359 e. The van der Waals surface area contributed by atoms with Crippen LogP contribution in [0, 0.1) is 31.1 Å². The molecule has 2 aromatic carbocycles. The number of aryl methyl sites for hydroxylation is 2. The minimum atomic E-state index is 0.00396. The minimum Gasteiger partial charge on any atom is -0.359 e. The van der Waals surface area contributed by atoms with Crippen molar-refractivity contribution in [1.29, 1.82) is 5.26 Å². The second-order valence-corrected chi connectivity index (χ2v) is 10.4. The number of urea groups is 1. The second kappa shape index (κ2) is 14.9. The molecule has 6 heteroatoms. The van der Waals surface area contributed by atoms with Crippen LogP contribution in [0.5, 0.6) is 0 Å². The van der Waals surface area contributed by atoms with Gasteiger partial charge in [-0.1, -0.05) is 57.5 Å². The highest BCUT2D eigenvalue weighted by Gasteiger charge is 2.32. The number of allylic oxidation sites excluding steroid dienone is 1. The molecular formula is C33H44N4O2. The summed E-state index contributed by atoms with van der Waals surface area (Å²) < 4.78 is 0. The molecule has 0 aromatic heterocycles. The second-order valence-electron chi connectivity index (χ2n) is 10.4. The van der Waals surface area contributed by atoms with E-state index in [-0.39, 0.29) is 17.7 Å². The van der Waals surface area contributed by atoms with Gasteiger partial charge in [0.05, 0.1) is 17.3 Å². The molecule has 6 nitrogen and oxygen atoms in total. The molecule has 2 aromatic rings. The highest BCUT2D eigenvalue weighted by molar-refractivity contribution is 6.04. The maximum absolute atomic E-state index is 12.9. The predicted molar refractivity (Wildman–Crippen MR) is 163 cm³/mol. The number of hydrogen-bond donors (Lipinski definition) is 1. The summed E-state index contributed by atoms with van der Waals surface area (Å²) in [5.41, 5.74) is 7.45. The molecule has 1 aliphatic heterocycles. The zero-order valence-electron chi connectivity index (χ0n) is 24.6. The Morgan fingerprint density at radius 3 is 2.38 bits per heavy atom. The molecule has 0 radical (unpaired) electrons. The number of Topliss-reactive ketones (excluding diaryl/α,β-unsaturated/α-hetero) is 1. The Bertz CT molecular complexity index is 1240. The number of carbonyl (C=O) groups excluding carboxylic acids is 2. The normalized spacial score (nSPS) is 13.2. The van der Waals surface area contributed by atoms with Crippen LogP contribution in [-0.4, -0.2) is 29.8 Å². The minimum absolute atomic E-state index is 0.00396. The number of nitrogens with one attached hydrogen (secondary N) is 1. The van der Waals surface area contributed by atoms with Crippen molar-refractivity contribution in [3.8, 4) is 6.07 Å². The smallest absolute Gasteiger partial charge is 0.328 e. The van der Waals surface area contributed by atoms with Crippen molar-refractivity contribution < 1.29 is 9.59 Å². The van der Waals surface area contributed by atoms with Crippen LogP contribution in [-0.2, 0) is 4.79 Å². The Hall–Kier alpha value is -3.85. The average molecular weight is 529 g/mol. The van der Waals surface area contributed by atoms with E-state index in [1.54, 1.807) is 11.8 Å². The number of carbonyl (C=O) groups is 2. The quantitative estimate of drug-likeness (QED) is 0.298. The Morgan fingerprint density at radius 2 is 1.79 bits per heavy atom. The molecule has 1 unspecified atom stereocenters. The first kappa shape index (κ1) is 31.4. The van der Waals surface area contributed by atoms with Crippen molar-refractivity contribution in [2.45, 2.75) is 73.6 Å². The van der Waals surface area contributed by atoms with Crippen LogP contribution >= 0.6 is 0 Å². The Kier molecular flexibility index (Phi) is 12.0. The SMILES string of the molecule is C=C(CC(C)CC(C)=O)Nc1ccc2c(c1)C(=C)N(CCCCC)C(=O)N2CC.Cc1ccc(C#N)c(C)c1. The number of rotatable bonds is 11. The molecule has 0 aliphatic carbocycles. The van der Waals surface area contributed by atoms with Gasteiger partial charge in [0.1, 0.15) is 5.78 Å². The standard InChI is InChI=1S/C24H35N3O2.C9H9N/c1-7-9-10-13-27-20(6)22-16-21(11-12-23(22)26(8-2)24(27)29)25-18(4)14-17(3)15-19(5)28;1-7-3-4-9(6-10)8(2)5-7/h11-12,16-17,25H,4,6-10,13-15H2,1-3,5H3;3-5H,1-2H3. The fourth-order valence-electron chi connectivity index (χ4n) is 4.82. The summed E-state index contributed by atoms with van der Waals surface area (Å²) in [6.07, 6.45) is 4.47. The van der Waals surface area contributed by atoms with E-state index < -0.39 is 0 Å². The van der Waals surface area contributed by atoms with Gasteiger partial charge in [-0.25, -0.2) is 4.79 Å². The molecular weight excluding hydrogens is 484 g/mol. The number of fused-ring (bicyclic) bond motifs is 1. The lowest BCUT2D eigenvalue weighted by Crippen LogP contribution is -2.46. The molecule has 0 saturated heterocycles. The van der Waals surface area contributed by atoms with Gasteiger partial charge in [-0.3, -0.25) is 9.80 Å². The van der Waals surface area contributed by atoms with E-state index in [0.29, 0.717) is 19.5 Å². The summed E-state index contributed by atoms with van der Waals surface area (Å²) in [5.74, 6) is 0.449. The van der Waals surface area contributed by atoms with Crippen LogP contribution in [0.15, 0.2) is 55.3 Å². The lowest BCUT2D eigenvalue weighted by Gasteiger charge is -2.38. The number of nitrogens with zero attached hydrogens (tertiary/aromatic N) is 3. The molecule has 39 heavy (non-hydrogen) atoms. The highest BCUT2D eigenvalue weighted by atomic mass is 16.2. The lowest BCUT2D eigenvalue weighted by atomic mass is 9.99. The first-order chi connectivity index (χ1) is 18.5. The third kappa shape index (κ3) is 8.85. The average Bonchev–Trinajstić information content (AvgIpc) is 2.86. The summed E-state index contributed by atoms with van der Waals surface area (Å²) in [6.45, 7) is 21.4. The predicted octanol–water partition coefficient (Wildman–Crippen LogP) is 8.22.